The summed E-state index contributed by atoms with van der Waals surface area (Å²) in [6, 6.07) is 0. The van der Waals surface area contributed by atoms with Crippen molar-refractivity contribution in [1.82, 2.24) is 0 Å². The third-order valence-corrected chi connectivity index (χ3v) is 2.49. The minimum Gasteiger partial charge on any atom is -0.481 e. The summed E-state index contributed by atoms with van der Waals surface area (Å²) < 4.78 is 0. The highest BCUT2D eigenvalue weighted by Crippen LogP contribution is 2.10. The summed E-state index contributed by atoms with van der Waals surface area (Å²) >= 11 is 0. The summed E-state index contributed by atoms with van der Waals surface area (Å²) in [5, 5.41) is 8.41. The fourth-order valence-corrected chi connectivity index (χ4v) is 1.59. The van der Waals surface area contributed by atoms with Crippen LogP contribution in [-0.2, 0) is 4.79 Å². The van der Waals surface area contributed by atoms with Gasteiger partial charge in [-0.3, -0.25) is 4.79 Å². The molecule has 0 aliphatic carbocycles. The molecule has 88 valence electrons. The minimum atomic E-state index is -0.659. The first-order valence-corrected chi connectivity index (χ1v) is 5.99. The Bertz CT molecular complexity index is 138. The fourth-order valence-electron chi connectivity index (χ4n) is 1.59. The highest BCUT2D eigenvalue weighted by molar-refractivity contribution is 5.75. The summed E-state index contributed by atoms with van der Waals surface area (Å²) in [5.41, 5.74) is 0. The predicted molar refractivity (Wildman–Crippen MR) is 68.0 cm³/mol. The third kappa shape index (κ3) is 16.9. The Morgan fingerprint density at radius 1 is 0.867 bits per heavy atom. The Labute approximate surface area is 110 Å². The van der Waals surface area contributed by atoms with Gasteiger partial charge in [0.25, 0.3) is 0 Å². The predicted octanol–water partition coefficient (Wildman–Crippen LogP) is 3.08. The van der Waals surface area contributed by atoms with Gasteiger partial charge in [-0.1, -0.05) is 58.3 Å². The van der Waals surface area contributed by atoms with E-state index in [-0.39, 0.29) is 23.1 Å². The zero-order valence-corrected chi connectivity index (χ0v) is 9.43. The molecule has 0 saturated heterocycles. The standard InChI is InChI=1S/C12H24O2.Mg.2H/c1-2-3-4-5-6-7-8-9-10-11-12(13)14;;;/h2-11H2,1H3,(H,13,14);;;. The van der Waals surface area contributed by atoms with E-state index in [1.165, 1.54) is 44.9 Å². The van der Waals surface area contributed by atoms with E-state index in [0.29, 0.717) is 6.42 Å². The highest BCUT2D eigenvalue weighted by Gasteiger charge is 1.96. The van der Waals surface area contributed by atoms with Crippen LogP contribution >= 0.6 is 0 Å². The molecule has 0 radical (unpaired) electrons. The number of carboxylic acid groups (broad SMARTS) is 1. The molecule has 0 saturated carbocycles. The SMILES string of the molecule is CCCCCCCCCCCC(=O)O.[MgH2]. The van der Waals surface area contributed by atoms with Crippen LogP contribution in [0.2, 0.25) is 0 Å². The van der Waals surface area contributed by atoms with E-state index in [0.717, 1.165) is 12.8 Å². The smallest absolute Gasteiger partial charge is 0.316 e. The molecular weight excluding hydrogens is 200 g/mol. The van der Waals surface area contributed by atoms with Crippen molar-refractivity contribution < 1.29 is 9.90 Å². The maximum atomic E-state index is 10.2. The molecule has 0 rings (SSSR count). The fraction of sp³-hybridized carbons (Fsp3) is 0.917. The van der Waals surface area contributed by atoms with Gasteiger partial charge in [-0.15, -0.1) is 0 Å². The maximum absolute atomic E-state index is 10.2. The van der Waals surface area contributed by atoms with Crippen molar-refractivity contribution >= 4 is 29.0 Å². The zero-order chi connectivity index (χ0) is 10.6. The second-order valence-corrected chi connectivity index (χ2v) is 3.97. The van der Waals surface area contributed by atoms with Gasteiger partial charge in [0.15, 0.2) is 0 Å². The topological polar surface area (TPSA) is 37.3 Å². The molecule has 3 heteroatoms. The molecule has 15 heavy (non-hydrogen) atoms. The number of rotatable bonds is 10. The molecule has 0 aromatic rings. The first kappa shape index (κ1) is 17.6. The van der Waals surface area contributed by atoms with Crippen LogP contribution < -0.4 is 0 Å². The lowest BCUT2D eigenvalue weighted by Gasteiger charge is -2.00. The van der Waals surface area contributed by atoms with Gasteiger partial charge in [0.1, 0.15) is 0 Å². The number of hydrogen-bond acceptors (Lipinski definition) is 1. The number of carbonyl (C=O) groups is 1. The van der Waals surface area contributed by atoms with Crippen molar-refractivity contribution in [3.63, 3.8) is 0 Å². The Balaban J connectivity index is 0. The van der Waals surface area contributed by atoms with Gasteiger partial charge < -0.3 is 5.11 Å². The van der Waals surface area contributed by atoms with Crippen LogP contribution in [0.3, 0.4) is 0 Å². The number of hydrogen-bond donors (Lipinski definition) is 1. The van der Waals surface area contributed by atoms with Gasteiger partial charge >= 0.3 is 29.0 Å². The molecule has 1 N–H and O–H groups in total. The van der Waals surface area contributed by atoms with E-state index < -0.39 is 5.97 Å². The largest absolute Gasteiger partial charge is 0.481 e. The summed E-state index contributed by atoms with van der Waals surface area (Å²) in [5.74, 6) is -0.659. The van der Waals surface area contributed by atoms with E-state index in [1.54, 1.807) is 0 Å². The molecular formula is C12H26MgO2. The van der Waals surface area contributed by atoms with Gasteiger partial charge in [0, 0.05) is 6.42 Å². The second kappa shape index (κ2) is 14.2. The number of carboxylic acids is 1. The van der Waals surface area contributed by atoms with Crippen LogP contribution in [-0.4, -0.2) is 34.1 Å². The monoisotopic (exact) mass is 226 g/mol. The quantitative estimate of drug-likeness (QED) is 0.459. The van der Waals surface area contributed by atoms with Crippen LogP contribution in [0.4, 0.5) is 0 Å². The maximum Gasteiger partial charge on any atom is 0.316 e. The molecule has 0 atom stereocenters. The van der Waals surface area contributed by atoms with Crippen LogP contribution in [0.25, 0.3) is 0 Å². The molecule has 0 bridgehead atoms. The molecule has 0 aliphatic rings. The molecule has 0 spiro atoms. The molecule has 0 aromatic carbocycles. The second-order valence-electron chi connectivity index (χ2n) is 3.97. The van der Waals surface area contributed by atoms with Crippen molar-refractivity contribution in [2.24, 2.45) is 0 Å². The molecule has 0 fully saturated rings. The normalized spacial score (nSPS) is 9.67. The van der Waals surface area contributed by atoms with E-state index in [9.17, 15) is 4.79 Å². The summed E-state index contributed by atoms with van der Waals surface area (Å²) in [6.07, 6.45) is 11.5. The summed E-state index contributed by atoms with van der Waals surface area (Å²) in [6.45, 7) is 2.23. The van der Waals surface area contributed by atoms with Crippen molar-refractivity contribution in [3.05, 3.63) is 0 Å². The third-order valence-electron chi connectivity index (χ3n) is 2.49. The molecule has 0 aliphatic heterocycles. The van der Waals surface area contributed by atoms with E-state index in [4.69, 9.17) is 5.11 Å². The van der Waals surface area contributed by atoms with Gasteiger partial charge in [-0.2, -0.15) is 0 Å². The molecule has 0 unspecified atom stereocenters. The van der Waals surface area contributed by atoms with Gasteiger partial charge in [0.2, 0.25) is 0 Å². The Hall–Kier alpha value is 0.236. The molecule has 2 nitrogen and oxygen atoms in total. The average molecular weight is 227 g/mol. The Morgan fingerprint density at radius 3 is 1.67 bits per heavy atom. The van der Waals surface area contributed by atoms with Crippen LogP contribution in [0.15, 0.2) is 0 Å². The first-order chi connectivity index (χ1) is 6.77. The lowest BCUT2D eigenvalue weighted by molar-refractivity contribution is -0.137. The lowest BCUT2D eigenvalue weighted by Crippen LogP contribution is -1.93. The number of unbranched alkanes of at least 4 members (excludes halogenated alkanes) is 8. The molecule has 0 aromatic heterocycles. The van der Waals surface area contributed by atoms with Crippen molar-refractivity contribution in [2.45, 2.75) is 71.1 Å². The summed E-state index contributed by atoms with van der Waals surface area (Å²) in [7, 11) is 0. The highest BCUT2D eigenvalue weighted by atomic mass is 24.3. The Kier molecular flexibility index (Phi) is 16.7. The molecule has 0 amide bonds. The van der Waals surface area contributed by atoms with Crippen molar-refractivity contribution in [2.75, 3.05) is 0 Å². The lowest BCUT2D eigenvalue weighted by atomic mass is 10.1. The van der Waals surface area contributed by atoms with E-state index in [2.05, 4.69) is 6.92 Å². The van der Waals surface area contributed by atoms with Crippen LogP contribution in [0, 0.1) is 0 Å². The van der Waals surface area contributed by atoms with Crippen molar-refractivity contribution in [3.8, 4) is 0 Å². The zero-order valence-electron chi connectivity index (χ0n) is 9.43. The van der Waals surface area contributed by atoms with Crippen LogP contribution in [0.1, 0.15) is 71.1 Å². The first-order valence-electron chi connectivity index (χ1n) is 5.99. The van der Waals surface area contributed by atoms with E-state index >= 15 is 0 Å². The van der Waals surface area contributed by atoms with Gasteiger partial charge in [-0.05, 0) is 6.42 Å². The average Bonchev–Trinajstić information content (AvgIpc) is 2.15. The number of aliphatic carboxylic acids is 1. The van der Waals surface area contributed by atoms with Crippen molar-refractivity contribution in [1.29, 1.82) is 0 Å². The Morgan fingerprint density at radius 2 is 1.27 bits per heavy atom. The molecule has 0 heterocycles. The van der Waals surface area contributed by atoms with E-state index in [1.807, 2.05) is 0 Å². The van der Waals surface area contributed by atoms with Crippen LogP contribution in [0.5, 0.6) is 0 Å². The minimum absolute atomic E-state index is 0. The summed E-state index contributed by atoms with van der Waals surface area (Å²) in [4.78, 5) is 10.2. The van der Waals surface area contributed by atoms with Gasteiger partial charge in [0.05, 0.1) is 0 Å². The van der Waals surface area contributed by atoms with Gasteiger partial charge in [-0.25, -0.2) is 0 Å².